The summed E-state index contributed by atoms with van der Waals surface area (Å²) in [4.78, 5) is 10.2. The molecule has 2 aromatic carbocycles. The molecule has 110 valence electrons. The highest BCUT2D eigenvalue weighted by molar-refractivity contribution is 5.33. The molecule has 1 N–H and O–H groups in total. The van der Waals surface area contributed by atoms with E-state index < -0.39 is 4.92 Å². The molecule has 0 radical (unpaired) electrons. The summed E-state index contributed by atoms with van der Waals surface area (Å²) in [7, 11) is 1.91. The fraction of sp³-hybridized carbons (Fsp3) is 0.250. The van der Waals surface area contributed by atoms with Crippen molar-refractivity contribution >= 4 is 5.69 Å². The number of nitro groups is 1. The van der Waals surface area contributed by atoms with Gasteiger partial charge in [0.1, 0.15) is 5.75 Å². The Balaban J connectivity index is 1.82. The standard InChI is InChI=1S/C16H18N2O3/c1-17-12-14-4-8-16(9-5-14)21-11-10-13-2-6-15(7-3-13)18(19)20/h2-9,17H,10-12H2,1H3. The number of rotatable bonds is 7. The SMILES string of the molecule is CNCc1ccc(OCCc2ccc([N+](=O)[O-])cc2)cc1. The molecular weight excluding hydrogens is 268 g/mol. The monoisotopic (exact) mass is 286 g/mol. The molecule has 0 fully saturated rings. The third-order valence-corrected chi connectivity index (χ3v) is 3.11. The van der Waals surface area contributed by atoms with E-state index in [-0.39, 0.29) is 5.69 Å². The molecule has 0 spiro atoms. The molecule has 0 aromatic heterocycles. The summed E-state index contributed by atoms with van der Waals surface area (Å²) in [6.45, 7) is 1.38. The van der Waals surface area contributed by atoms with Crippen molar-refractivity contribution in [1.29, 1.82) is 0 Å². The van der Waals surface area contributed by atoms with Crippen molar-refractivity contribution in [3.05, 3.63) is 69.8 Å². The topological polar surface area (TPSA) is 64.4 Å². The zero-order valence-electron chi connectivity index (χ0n) is 11.9. The van der Waals surface area contributed by atoms with Crippen molar-refractivity contribution in [3.8, 4) is 5.75 Å². The van der Waals surface area contributed by atoms with Gasteiger partial charge in [0, 0.05) is 25.1 Å². The van der Waals surface area contributed by atoms with Crippen molar-refractivity contribution in [2.75, 3.05) is 13.7 Å². The van der Waals surface area contributed by atoms with Gasteiger partial charge in [-0.2, -0.15) is 0 Å². The summed E-state index contributed by atoms with van der Waals surface area (Å²) in [5.74, 6) is 0.830. The molecule has 2 rings (SSSR count). The fourth-order valence-corrected chi connectivity index (χ4v) is 1.98. The maximum absolute atomic E-state index is 10.6. The van der Waals surface area contributed by atoms with E-state index >= 15 is 0 Å². The molecule has 0 saturated heterocycles. The third-order valence-electron chi connectivity index (χ3n) is 3.11. The van der Waals surface area contributed by atoms with Gasteiger partial charge >= 0.3 is 0 Å². The smallest absolute Gasteiger partial charge is 0.269 e. The van der Waals surface area contributed by atoms with E-state index in [9.17, 15) is 10.1 Å². The molecule has 0 saturated carbocycles. The van der Waals surface area contributed by atoms with Gasteiger partial charge in [-0.1, -0.05) is 24.3 Å². The van der Waals surface area contributed by atoms with Crippen LogP contribution in [0.4, 0.5) is 5.69 Å². The Morgan fingerprint density at radius 2 is 1.67 bits per heavy atom. The number of hydrogen-bond donors (Lipinski definition) is 1. The van der Waals surface area contributed by atoms with Crippen LogP contribution < -0.4 is 10.1 Å². The fourth-order valence-electron chi connectivity index (χ4n) is 1.98. The Hall–Kier alpha value is -2.40. The Kier molecular flexibility index (Phi) is 5.29. The number of benzene rings is 2. The first-order valence-electron chi connectivity index (χ1n) is 6.78. The second-order valence-electron chi connectivity index (χ2n) is 4.70. The lowest BCUT2D eigenvalue weighted by Crippen LogP contribution is -2.05. The van der Waals surface area contributed by atoms with Gasteiger partial charge in [-0.25, -0.2) is 0 Å². The number of non-ortho nitro benzene ring substituents is 1. The van der Waals surface area contributed by atoms with Gasteiger partial charge in [-0.15, -0.1) is 0 Å². The maximum atomic E-state index is 10.6. The van der Waals surface area contributed by atoms with Gasteiger partial charge < -0.3 is 10.1 Å². The van der Waals surface area contributed by atoms with Gasteiger partial charge in [-0.3, -0.25) is 10.1 Å². The van der Waals surface area contributed by atoms with Gasteiger partial charge in [0.25, 0.3) is 5.69 Å². The molecule has 0 amide bonds. The Morgan fingerprint density at radius 1 is 1.05 bits per heavy atom. The lowest BCUT2D eigenvalue weighted by Gasteiger charge is -2.07. The lowest BCUT2D eigenvalue weighted by molar-refractivity contribution is -0.384. The first kappa shape index (κ1) is 15.0. The van der Waals surface area contributed by atoms with E-state index in [0.717, 1.165) is 24.3 Å². The van der Waals surface area contributed by atoms with Crippen molar-refractivity contribution in [2.24, 2.45) is 0 Å². The Bertz CT molecular complexity index is 579. The van der Waals surface area contributed by atoms with Crippen LogP contribution in [0.2, 0.25) is 0 Å². The summed E-state index contributed by atoms with van der Waals surface area (Å²) in [6.07, 6.45) is 0.719. The van der Waals surface area contributed by atoms with Crippen LogP contribution in [0.3, 0.4) is 0 Å². The molecule has 5 nitrogen and oxygen atoms in total. The summed E-state index contributed by atoms with van der Waals surface area (Å²) in [5, 5.41) is 13.7. The zero-order chi connectivity index (χ0) is 15.1. The second kappa shape index (κ2) is 7.40. The van der Waals surface area contributed by atoms with Gasteiger partial charge in [0.2, 0.25) is 0 Å². The lowest BCUT2D eigenvalue weighted by atomic mass is 10.1. The molecule has 0 atom stereocenters. The number of ether oxygens (including phenoxy) is 1. The first-order chi connectivity index (χ1) is 10.2. The minimum absolute atomic E-state index is 0.111. The average Bonchev–Trinajstić information content (AvgIpc) is 2.50. The second-order valence-corrected chi connectivity index (χ2v) is 4.70. The molecule has 0 heterocycles. The number of nitrogens with zero attached hydrogens (tertiary/aromatic N) is 1. The highest BCUT2D eigenvalue weighted by Gasteiger charge is 2.04. The first-order valence-corrected chi connectivity index (χ1v) is 6.78. The maximum Gasteiger partial charge on any atom is 0.269 e. The van der Waals surface area contributed by atoms with E-state index in [1.807, 2.05) is 31.3 Å². The Morgan fingerprint density at radius 3 is 2.24 bits per heavy atom. The number of hydrogen-bond acceptors (Lipinski definition) is 4. The molecule has 5 heteroatoms. The van der Waals surface area contributed by atoms with E-state index in [4.69, 9.17) is 4.74 Å². The molecule has 21 heavy (non-hydrogen) atoms. The van der Waals surface area contributed by atoms with Crippen LogP contribution in [-0.4, -0.2) is 18.6 Å². The van der Waals surface area contributed by atoms with Crippen molar-refractivity contribution in [2.45, 2.75) is 13.0 Å². The predicted octanol–water partition coefficient (Wildman–Crippen LogP) is 2.94. The van der Waals surface area contributed by atoms with E-state index in [1.54, 1.807) is 12.1 Å². The van der Waals surface area contributed by atoms with Crippen LogP contribution in [0.25, 0.3) is 0 Å². The van der Waals surface area contributed by atoms with Crippen LogP contribution in [0.15, 0.2) is 48.5 Å². The summed E-state index contributed by atoms with van der Waals surface area (Å²) in [6, 6.07) is 14.5. The molecule has 0 bridgehead atoms. The highest BCUT2D eigenvalue weighted by Crippen LogP contribution is 2.14. The molecular formula is C16H18N2O3. The van der Waals surface area contributed by atoms with E-state index in [2.05, 4.69) is 5.32 Å². The average molecular weight is 286 g/mol. The molecule has 2 aromatic rings. The number of nitrogens with one attached hydrogen (secondary N) is 1. The quantitative estimate of drug-likeness (QED) is 0.628. The van der Waals surface area contributed by atoms with Gasteiger partial charge in [0.05, 0.1) is 11.5 Å². The van der Waals surface area contributed by atoms with Gasteiger partial charge in [0.15, 0.2) is 0 Å². The van der Waals surface area contributed by atoms with Crippen LogP contribution in [0.1, 0.15) is 11.1 Å². The minimum atomic E-state index is -0.396. The minimum Gasteiger partial charge on any atom is -0.493 e. The third kappa shape index (κ3) is 4.57. The summed E-state index contributed by atoms with van der Waals surface area (Å²) in [5.41, 5.74) is 2.34. The molecule has 0 unspecified atom stereocenters. The Labute approximate surface area is 123 Å². The normalized spacial score (nSPS) is 10.3. The van der Waals surface area contributed by atoms with Crippen molar-refractivity contribution < 1.29 is 9.66 Å². The van der Waals surface area contributed by atoms with Crippen LogP contribution in [0, 0.1) is 10.1 Å². The summed E-state index contributed by atoms with van der Waals surface area (Å²) >= 11 is 0. The van der Waals surface area contributed by atoms with Crippen LogP contribution in [0.5, 0.6) is 5.75 Å². The predicted molar refractivity (Wildman–Crippen MR) is 81.5 cm³/mol. The van der Waals surface area contributed by atoms with Crippen LogP contribution >= 0.6 is 0 Å². The van der Waals surface area contributed by atoms with E-state index in [1.165, 1.54) is 17.7 Å². The summed E-state index contributed by atoms with van der Waals surface area (Å²) < 4.78 is 5.67. The zero-order valence-corrected chi connectivity index (χ0v) is 11.9. The molecule has 0 aliphatic heterocycles. The van der Waals surface area contributed by atoms with Crippen molar-refractivity contribution in [3.63, 3.8) is 0 Å². The molecule has 0 aliphatic rings. The number of nitro benzene ring substituents is 1. The highest BCUT2D eigenvalue weighted by atomic mass is 16.6. The van der Waals surface area contributed by atoms with Crippen molar-refractivity contribution in [1.82, 2.24) is 5.32 Å². The van der Waals surface area contributed by atoms with Gasteiger partial charge in [-0.05, 0) is 30.3 Å². The molecule has 0 aliphatic carbocycles. The van der Waals surface area contributed by atoms with E-state index in [0.29, 0.717) is 6.61 Å². The largest absolute Gasteiger partial charge is 0.493 e. The van der Waals surface area contributed by atoms with Crippen LogP contribution in [-0.2, 0) is 13.0 Å².